The predicted molar refractivity (Wildman–Crippen MR) is 99.5 cm³/mol. The molecule has 2 N–H and O–H groups in total. The van der Waals surface area contributed by atoms with Gasteiger partial charge in [0.15, 0.2) is 0 Å². The van der Waals surface area contributed by atoms with Crippen molar-refractivity contribution in [3.63, 3.8) is 0 Å². The summed E-state index contributed by atoms with van der Waals surface area (Å²) in [5.74, 6) is -0.380. The van der Waals surface area contributed by atoms with Crippen LogP contribution in [0.4, 0.5) is 4.79 Å². The van der Waals surface area contributed by atoms with E-state index in [1.807, 2.05) is 44.2 Å². The molecule has 1 aromatic rings. The molecule has 4 amide bonds. The maximum Gasteiger partial charge on any atom is 0.328 e. The van der Waals surface area contributed by atoms with Gasteiger partial charge in [-0.3, -0.25) is 14.5 Å². The van der Waals surface area contributed by atoms with E-state index in [0.717, 1.165) is 17.5 Å². The summed E-state index contributed by atoms with van der Waals surface area (Å²) in [6, 6.07) is 8.47. The number of benzene rings is 1. The first kappa shape index (κ1) is 18.5. The zero-order chi connectivity index (χ0) is 18.8. The lowest BCUT2D eigenvalue weighted by Crippen LogP contribution is -2.58. The average molecular weight is 374 g/mol. The summed E-state index contributed by atoms with van der Waals surface area (Å²) >= 11 is 1.10. The molecule has 2 aliphatic rings. The lowest BCUT2D eigenvalue weighted by atomic mass is 10.1. The van der Waals surface area contributed by atoms with Gasteiger partial charge < -0.3 is 10.2 Å². The van der Waals surface area contributed by atoms with E-state index in [0.29, 0.717) is 23.7 Å². The Hall–Kier alpha value is -2.32. The van der Waals surface area contributed by atoms with Gasteiger partial charge in [-0.15, -0.1) is 0 Å². The Morgan fingerprint density at radius 2 is 1.96 bits per heavy atom. The third-order valence-electron chi connectivity index (χ3n) is 4.16. The fraction of sp³-hybridized carbons (Fsp3) is 0.389. The van der Waals surface area contributed by atoms with Gasteiger partial charge in [-0.1, -0.05) is 44.2 Å². The number of amides is 4. The molecule has 26 heavy (non-hydrogen) atoms. The zero-order valence-electron chi connectivity index (χ0n) is 15.0. The maximum atomic E-state index is 12.8. The lowest BCUT2D eigenvalue weighted by molar-refractivity contribution is -0.130. The van der Waals surface area contributed by atoms with Gasteiger partial charge in [0.05, 0.1) is 5.70 Å². The highest BCUT2D eigenvalue weighted by Gasteiger charge is 2.44. The van der Waals surface area contributed by atoms with Crippen LogP contribution in [-0.2, 0) is 16.1 Å². The molecule has 1 saturated heterocycles. The molecule has 0 aromatic heterocycles. The van der Waals surface area contributed by atoms with Gasteiger partial charge >= 0.3 is 6.03 Å². The summed E-state index contributed by atoms with van der Waals surface area (Å²) in [5.41, 5.74) is 1.36. The molecular weight excluding hydrogens is 352 g/mol. The number of urea groups is 1. The highest BCUT2D eigenvalue weighted by atomic mass is 32.2. The molecule has 1 fully saturated rings. The first-order valence-corrected chi connectivity index (χ1v) is 9.28. The summed E-state index contributed by atoms with van der Waals surface area (Å²) in [5, 5.41) is 2.73. The number of carbonyl (C=O) groups is 3. The van der Waals surface area contributed by atoms with Gasteiger partial charge in [0.1, 0.15) is 10.9 Å². The summed E-state index contributed by atoms with van der Waals surface area (Å²) in [6.07, 6.45) is 0. The van der Waals surface area contributed by atoms with Crippen LogP contribution in [0.15, 0.2) is 40.9 Å². The van der Waals surface area contributed by atoms with Crippen LogP contribution in [-0.4, -0.2) is 47.3 Å². The molecule has 2 heterocycles. The van der Waals surface area contributed by atoms with E-state index in [4.69, 9.17) is 0 Å². The maximum absolute atomic E-state index is 12.8. The largest absolute Gasteiger partial charge is 0.337 e. The summed E-state index contributed by atoms with van der Waals surface area (Å²) in [4.78, 5) is 40.9. The van der Waals surface area contributed by atoms with Gasteiger partial charge in [0.2, 0.25) is 0 Å². The number of nitrogens with zero attached hydrogens (tertiary/aromatic N) is 2. The van der Waals surface area contributed by atoms with Crippen LogP contribution in [0.3, 0.4) is 0 Å². The fourth-order valence-corrected chi connectivity index (χ4v) is 3.88. The highest BCUT2D eigenvalue weighted by molar-refractivity contribution is 8.02. The van der Waals surface area contributed by atoms with Gasteiger partial charge in [-0.25, -0.2) is 9.52 Å². The van der Waals surface area contributed by atoms with Crippen LogP contribution in [0.25, 0.3) is 0 Å². The van der Waals surface area contributed by atoms with Crippen molar-refractivity contribution in [1.82, 2.24) is 19.8 Å². The number of carbonyl (C=O) groups excluding carboxylic acids is 3. The first-order valence-electron chi connectivity index (χ1n) is 8.46. The van der Waals surface area contributed by atoms with Crippen LogP contribution >= 0.6 is 11.9 Å². The lowest BCUT2D eigenvalue weighted by Gasteiger charge is -2.31. The molecular formula is C18H22N4O3S. The Kier molecular flexibility index (Phi) is 5.33. The van der Waals surface area contributed by atoms with Crippen molar-refractivity contribution in [3.8, 4) is 0 Å². The van der Waals surface area contributed by atoms with E-state index in [1.165, 1.54) is 4.90 Å². The second-order valence-electron chi connectivity index (χ2n) is 6.82. The number of nitrogens with one attached hydrogen (secondary N) is 2. The first-order chi connectivity index (χ1) is 12.4. The molecule has 138 valence electrons. The Labute approximate surface area is 156 Å². The van der Waals surface area contributed by atoms with Crippen LogP contribution in [0.1, 0.15) is 19.4 Å². The average Bonchev–Trinajstić information content (AvgIpc) is 3.02. The minimum atomic E-state index is -0.694. The summed E-state index contributed by atoms with van der Waals surface area (Å²) in [6.45, 7) is 4.67. The van der Waals surface area contributed by atoms with Gasteiger partial charge in [0.25, 0.3) is 11.8 Å². The molecule has 1 unspecified atom stereocenters. The van der Waals surface area contributed by atoms with Crippen molar-refractivity contribution >= 4 is 29.8 Å². The Morgan fingerprint density at radius 3 is 2.62 bits per heavy atom. The van der Waals surface area contributed by atoms with Crippen molar-refractivity contribution in [2.45, 2.75) is 26.4 Å². The molecule has 0 aliphatic carbocycles. The second-order valence-corrected chi connectivity index (χ2v) is 7.66. The van der Waals surface area contributed by atoms with Gasteiger partial charge in [-0.2, -0.15) is 0 Å². The monoisotopic (exact) mass is 374 g/mol. The summed E-state index contributed by atoms with van der Waals surface area (Å²) in [7, 11) is 1.70. The topological polar surface area (TPSA) is 81.8 Å². The number of rotatable bonds is 5. The summed E-state index contributed by atoms with van der Waals surface area (Å²) < 4.78 is 2.97. The van der Waals surface area contributed by atoms with Crippen molar-refractivity contribution in [3.05, 3.63) is 46.5 Å². The molecule has 1 aromatic carbocycles. The number of hydrogen-bond donors (Lipinski definition) is 2. The van der Waals surface area contributed by atoms with Crippen molar-refractivity contribution in [2.75, 3.05) is 13.6 Å². The Balaban J connectivity index is 1.78. The second kappa shape index (κ2) is 7.51. The standard InChI is InChI=1S/C18H22N4O3S/c1-11(2)9-22-16(23)14-13(19-18(22)25)15(26-20-14)17(24)21(3)10-12-7-5-4-6-8-12/h4-8,11,14,20H,9-10H2,1-3H3,(H,19,25). The van der Waals surface area contributed by atoms with E-state index in [1.54, 1.807) is 11.9 Å². The smallest absolute Gasteiger partial charge is 0.328 e. The van der Waals surface area contributed by atoms with Crippen molar-refractivity contribution in [2.24, 2.45) is 5.92 Å². The third kappa shape index (κ3) is 3.61. The predicted octanol–water partition coefficient (Wildman–Crippen LogP) is 1.68. The third-order valence-corrected chi connectivity index (χ3v) is 5.12. The van der Waals surface area contributed by atoms with Crippen LogP contribution in [0, 0.1) is 5.92 Å². The zero-order valence-corrected chi connectivity index (χ0v) is 15.8. The molecule has 2 aliphatic heterocycles. The van der Waals surface area contributed by atoms with Gasteiger partial charge in [-0.05, 0) is 23.4 Å². The highest BCUT2D eigenvalue weighted by Crippen LogP contribution is 2.32. The number of likely N-dealkylation sites (N-methyl/N-ethyl adjacent to an activating group) is 1. The minimum absolute atomic E-state index is 0.169. The molecule has 1 atom stereocenters. The molecule has 0 saturated carbocycles. The van der Waals surface area contributed by atoms with Crippen molar-refractivity contribution in [1.29, 1.82) is 0 Å². The van der Waals surface area contributed by atoms with E-state index < -0.39 is 12.1 Å². The van der Waals surface area contributed by atoms with Crippen molar-refractivity contribution < 1.29 is 14.4 Å². The Bertz CT molecular complexity index is 763. The number of fused-ring (bicyclic) bond motifs is 1. The van der Waals surface area contributed by atoms with Crippen LogP contribution < -0.4 is 10.0 Å². The van der Waals surface area contributed by atoms with E-state index in [9.17, 15) is 14.4 Å². The van der Waals surface area contributed by atoms with E-state index >= 15 is 0 Å². The molecule has 3 rings (SSSR count). The number of imide groups is 1. The molecule has 0 spiro atoms. The fourth-order valence-electron chi connectivity index (χ4n) is 2.90. The van der Waals surface area contributed by atoms with E-state index in [2.05, 4.69) is 10.0 Å². The minimum Gasteiger partial charge on any atom is -0.337 e. The molecule has 0 radical (unpaired) electrons. The molecule has 8 heteroatoms. The van der Waals surface area contributed by atoms with Crippen LogP contribution in [0.5, 0.6) is 0 Å². The normalized spacial score (nSPS) is 19.7. The van der Waals surface area contributed by atoms with Crippen LogP contribution in [0.2, 0.25) is 0 Å². The van der Waals surface area contributed by atoms with Gasteiger partial charge in [0, 0.05) is 20.1 Å². The molecule has 7 nitrogen and oxygen atoms in total. The number of hydrogen-bond acceptors (Lipinski definition) is 5. The SMILES string of the molecule is CC(C)CN1C(=O)NC2=C(C(=O)N(C)Cc3ccccc3)SNC2C1=O. The molecule has 0 bridgehead atoms. The van der Waals surface area contributed by atoms with E-state index in [-0.39, 0.29) is 17.7 Å². The quantitative estimate of drug-likeness (QED) is 0.767. The Morgan fingerprint density at radius 1 is 1.27 bits per heavy atom.